The molecule has 0 aliphatic heterocycles. The number of rotatable bonds is 3. The summed E-state index contributed by atoms with van der Waals surface area (Å²) >= 11 is 0. The lowest BCUT2D eigenvalue weighted by molar-refractivity contribution is 0.600. The van der Waals surface area contributed by atoms with Crippen LogP contribution < -0.4 is 10.5 Å². The number of nitrogen functional groups attached to an aromatic ring is 1. The zero-order valence-electron chi connectivity index (χ0n) is 12.6. The molecule has 112 valence electrons. The number of nitrogens with two attached hydrogens (primary N) is 1. The number of aromatic nitrogens is 1. The highest BCUT2D eigenvalue weighted by Gasteiger charge is 2.22. The van der Waals surface area contributed by atoms with Crippen molar-refractivity contribution in [3.05, 3.63) is 46.6 Å². The molecule has 2 aromatic rings. The van der Waals surface area contributed by atoms with Crippen molar-refractivity contribution in [3.63, 3.8) is 0 Å². The third kappa shape index (κ3) is 3.16. The number of anilines is 2. The van der Waals surface area contributed by atoms with Gasteiger partial charge < -0.3 is 5.73 Å². The van der Waals surface area contributed by atoms with Crippen LogP contribution in [-0.4, -0.2) is 13.4 Å². The Balaban J connectivity index is 2.51. The van der Waals surface area contributed by atoms with E-state index in [-0.39, 0.29) is 10.6 Å². The van der Waals surface area contributed by atoms with Crippen LogP contribution in [0.5, 0.6) is 0 Å². The van der Waals surface area contributed by atoms with Crippen LogP contribution in [0.1, 0.15) is 22.4 Å². The van der Waals surface area contributed by atoms with Crippen LogP contribution in [0.2, 0.25) is 0 Å². The molecule has 0 saturated heterocycles. The van der Waals surface area contributed by atoms with E-state index >= 15 is 0 Å². The molecule has 1 aromatic heterocycles. The fraction of sp³-hybridized carbons (Fsp3) is 0.267. The zero-order chi connectivity index (χ0) is 15.8. The van der Waals surface area contributed by atoms with Gasteiger partial charge in [-0.1, -0.05) is 12.1 Å². The third-order valence-corrected chi connectivity index (χ3v) is 4.77. The zero-order valence-corrected chi connectivity index (χ0v) is 13.4. The average molecular weight is 305 g/mol. The predicted octanol–water partition coefficient (Wildman–Crippen LogP) is 2.70. The topological polar surface area (TPSA) is 85.1 Å². The quantitative estimate of drug-likeness (QED) is 0.854. The van der Waals surface area contributed by atoms with Gasteiger partial charge in [-0.3, -0.25) is 4.72 Å². The third-order valence-electron chi connectivity index (χ3n) is 3.22. The van der Waals surface area contributed by atoms with Gasteiger partial charge in [0.25, 0.3) is 10.0 Å². The first-order chi connectivity index (χ1) is 9.70. The van der Waals surface area contributed by atoms with Gasteiger partial charge in [0.15, 0.2) is 0 Å². The smallest absolute Gasteiger partial charge is 0.265 e. The minimum Gasteiger partial charge on any atom is -0.397 e. The second-order valence-electron chi connectivity index (χ2n) is 5.22. The molecule has 0 atom stereocenters. The van der Waals surface area contributed by atoms with E-state index in [9.17, 15) is 8.42 Å². The molecule has 6 heteroatoms. The maximum absolute atomic E-state index is 12.6. The van der Waals surface area contributed by atoms with Crippen molar-refractivity contribution in [1.29, 1.82) is 0 Å². The van der Waals surface area contributed by atoms with Crippen LogP contribution in [-0.2, 0) is 10.0 Å². The predicted molar refractivity (Wildman–Crippen MR) is 84.8 cm³/mol. The molecule has 1 aromatic carbocycles. The average Bonchev–Trinajstić information content (AvgIpc) is 2.32. The molecule has 0 aliphatic carbocycles. The first-order valence-electron chi connectivity index (χ1n) is 6.54. The molecule has 0 spiro atoms. The van der Waals surface area contributed by atoms with Crippen LogP contribution in [0.3, 0.4) is 0 Å². The summed E-state index contributed by atoms with van der Waals surface area (Å²) in [6, 6.07) is 7.11. The van der Waals surface area contributed by atoms with Crippen molar-refractivity contribution < 1.29 is 8.42 Å². The summed E-state index contributed by atoms with van der Waals surface area (Å²) in [5.74, 6) is 0.299. The molecule has 3 N–H and O–H groups in total. The number of nitrogens with zero attached hydrogens (tertiary/aromatic N) is 1. The van der Waals surface area contributed by atoms with Crippen LogP contribution in [0, 0.1) is 27.7 Å². The summed E-state index contributed by atoms with van der Waals surface area (Å²) in [5.41, 5.74) is 9.24. The van der Waals surface area contributed by atoms with E-state index in [0.29, 0.717) is 11.4 Å². The van der Waals surface area contributed by atoms with Crippen molar-refractivity contribution in [2.45, 2.75) is 32.6 Å². The van der Waals surface area contributed by atoms with Gasteiger partial charge in [0.2, 0.25) is 0 Å². The fourth-order valence-corrected chi connectivity index (χ4v) is 3.67. The van der Waals surface area contributed by atoms with Crippen molar-refractivity contribution in [2.24, 2.45) is 0 Å². The molecular formula is C15H19N3O2S. The van der Waals surface area contributed by atoms with Crippen molar-refractivity contribution in [1.82, 2.24) is 4.98 Å². The SMILES string of the molecule is Cc1cc(C)nc(NS(=O)(=O)c2c(C)ccc(C)c2N)c1. The second kappa shape index (κ2) is 5.37. The number of hydrogen-bond acceptors (Lipinski definition) is 4. The van der Waals surface area contributed by atoms with Crippen molar-refractivity contribution in [3.8, 4) is 0 Å². The van der Waals surface area contributed by atoms with Gasteiger partial charge >= 0.3 is 0 Å². The molecule has 0 bridgehead atoms. The molecule has 0 aliphatic rings. The summed E-state index contributed by atoms with van der Waals surface area (Å²) in [7, 11) is -3.77. The van der Waals surface area contributed by atoms with Gasteiger partial charge in [-0.15, -0.1) is 0 Å². The maximum atomic E-state index is 12.6. The van der Waals surface area contributed by atoms with Crippen LogP contribution in [0.4, 0.5) is 11.5 Å². The summed E-state index contributed by atoms with van der Waals surface area (Å²) in [4.78, 5) is 4.31. The molecule has 0 saturated carbocycles. The highest BCUT2D eigenvalue weighted by molar-refractivity contribution is 7.93. The molecule has 0 fully saturated rings. The normalized spacial score (nSPS) is 11.4. The van der Waals surface area contributed by atoms with Gasteiger partial charge in [-0.25, -0.2) is 13.4 Å². The van der Waals surface area contributed by atoms with Gasteiger partial charge in [0, 0.05) is 5.69 Å². The number of hydrogen-bond donors (Lipinski definition) is 2. The van der Waals surface area contributed by atoms with Crippen LogP contribution >= 0.6 is 0 Å². The highest BCUT2D eigenvalue weighted by atomic mass is 32.2. The molecule has 21 heavy (non-hydrogen) atoms. The van der Waals surface area contributed by atoms with E-state index in [4.69, 9.17) is 5.73 Å². The summed E-state index contributed by atoms with van der Waals surface area (Å²) < 4.78 is 27.7. The van der Waals surface area contributed by atoms with E-state index in [1.807, 2.05) is 19.9 Å². The maximum Gasteiger partial charge on any atom is 0.265 e. The molecule has 0 amide bonds. The lowest BCUT2D eigenvalue weighted by Gasteiger charge is -2.14. The highest BCUT2D eigenvalue weighted by Crippen LogP contribution is 2.27. The lowest BCUT2D eigenvalue weighted by atomic mass is 10.1. The second-order valence-corrected chi connectivity index (χ2v) is 6.84. The standard InChI is InChI=1S/C15H19N3O2S/c1-9-7-12(4)17-13(8-9)18-21(19,20)15-11(3)6-5-10(2)14(15)16/h5-8H,16H2,1-4H3,(H,17,18). The van der Waals surface area contributed by atoms with E-state index in [1.54, 1.807) is 32.0 Å². The van der Waals surface area contributed by atoms with Crippen molar-refractivity contribution in [2.75, 3.05) is 10.5 Å². The van der Waals surface area contributed by atoms with Crippen LogP contribution in [0.25, 0.3) is 0 Å². The lowest BCUT2D eigenvalue weighted by Crippen LogP contribution is -2.17. The number of aryl methyl sites for hydroxylation is 4. The Labute approximate surface area is 125 Å². The minimum absolute atomic E-state index is 0.114. The molecule has 0 unspecified atom stereocenters. The van der Waals surface area contributed by atoms with Gasteiger partial charge in [-0.2, -0.15) is 0 Å². The molecule has 2 rings (SSSR count). The number of sulfonamides is 1. The van der Waals surface area contributed by atoms with Crippen molar-refractivity contribution >= 4 is 21.5 Å². The Bertz CT molecular complexity index is 779. The molecular weight excluding hydrogens is 286 g/mol. The summed E-state index contributed by atoms with van der Waals surface area (Å²) in [6.45, 7) is 7.21. The first-order valence-corrected chi connectivity index (χ1v) is 8.03. The Morgan fingerprint density at radius 2 is 1.67 bits per heavy atom. The minimum atomic E-state index is -3.77. The number of benzene rings is 1. The van der Waals surface area contributed by atoms with E-state index < -0.39 is 10.0 Å². The number of pyridine rings is 1. The Hall–Kier alpha value is -2.08. The first kappa shape index (κ1) is 15.3. The fourth-order valence-electron chi connectivity index (χ4n) is 2.25. The van der Waals surface area contributed by atoms with E-state index in [2.05, 4.69) is 9.71 Å². The van der Waals surface area contributed by atoms with E-state index in [0.717, 1.165) is 16.8 Å². The van der Waals surface area contributed by atoms with Gasteiger partial charge in [0.05, 0.1) is 5.69 Å². The largest absolute Gasteiger partial charge is 0.397 e. The Kier molecular flexibility index (Phi) is 3.91. The summed E-state index contributed by atoms with van der Waals surface area (Å²) in [5, 5.41) is 0. The molecule has 0 radical (unpaired) electrons. The van der Waals surface area contributed by atoms with Crippen LogP contribution in [0.15, 0.2) is 29.2 Å². The van der Waals surface area contributed by atoms with Gasteiger partial charge in [-0.05, 0) is 56.5 Å². The Morgan fingerprint density at radius 3 is 2.29 bits per heavy atom. The monoisotopic (exact) mass is 305 g/mol. The molecule has 5 nitrogen and oxygen atoms in total. The van der Waals surface area contributed by atoms with E-state index in [1.165, 1.54) is 0 Å². The number of nitrogens with one attached hydrogen (secondary N) is 1. The molecule has 1 heterocycles. The Morgan fingerprint density at radius 1 is 1.05 bits per heavy atom. The van der Waals surface area contributed by atoms with Gasteiger partial charge in [0.1, 0.15) is 10.7 Å². The summed E-state index contributed by atoms with van der Waals surface area (Å²) in [6.07, 6.45) is 0.